The van der Waals surface area contributed by atoms with Crippen LogP contribution in [0.5, 0.6) is 0 Å². The second-order valence-electron chi connectivity index (χ2n) is 4.16. The first kappa shape index (κ1) is 11.6. The third-order valence-corrected chi connectivity index (χ3v) is 2.99. The SMILES string of the molecule is CC(C(=O)O)c1cc(=O)oc2c1C(=O)CCC2. The smallest absolute Gasteiger partial charge is 0.336 e. The molecule has 1 unspecified atom stereocenters. The first-order valence-electron chi connectivity index (χ1n) is 5.43. The van der Waals surface area contributed by atoms with Gasteiger partial charge in [0.05, 0.1) is 11.5 Å². The predicted octanol–water partition coefficient (Wildman–Crippen LogP) is 1.35. The molecule has 1 aliphatic carbocycles. The lowest BCUT2D eigenvalue weighted by atomic mass is 9.87. The zero-order valence-corrected chi connectivity index (χ0v) is 9.36. The van der Waals surface area contributed by atoms with Crippen molar-refractivity contribution in [1.82, 2.24) is 0 Å². The summed E-state index contributed by atoms with van der Waals surface area (Å²) in [5, 5.41) is 8.97. The van der Waals surface area contributed by atoms with Crippen molar-refractivity contribution in [3.63, 3.8) is 0 Å². The van der Waals surface area contributed by atoms with Crippen molar-refractivity contribution in [3.8, 4) is 0 Å². The van der Waals surface area contributed by atoms with Crippen LogP contribution in [0, 0.1) is 0 Å². The molecule has 1 heterocycles. The van der Waals surface area contributed by atoms with Crippen LogP contribution in [0.15, 0.2) is 15.3 Å². The van der Waals surface area contributed by atoms with E-state index in [4.69, 9.17) is 9.52 Å². The van der Waals surface area contributed by atoms with E-state index in [0.717, 1.165) is 6.07 Å². The topological polar surface area (TPSA) is 84.6 Å². The van der Waals surface area contributed by atoms with E-state index >= 15 is 0 Å². The maximum Gasteiger partial charge on any atom is 0.336 e. The van der Waals surface area contributed by atoms with Crippen molar-refractivity contribution in [2.24, 2.45) is 0 Å². The molecule has 0 aromatic carbocycles. The number of aliphatic carboxylic acids is 1. The third kappa shape index (κ3) is 2.00. The summed E-state index contributed by atoms with van der Waals surface area (Å²) < 4.78 is 4.97. The minimum Gasteiger partial charge on any atom is -0.481 e. The number of ketones is 1. The Morgan fingerprint density at radius 2 is 2.12 bits per heavy atom. The lowest BCUT2D eigenvalue weighted by molar-refractivity contribution is -0.138. The molecule has 0 radical (unpaired) electrons. The van der Waals surface area contributed by atoms with Crippen LogP contribution >= 0.6 is 0 Å². The van der Waals surface area contributed by atoms with Crippen molar-refractivity contribution in [3.05, 3.63) is 33.4 Å². The molecule has 0 bridgehead atoms. The summed E-state index contributed by atoms with van der Waals surface area (Å²) in [5.74, 6) is -1.75. The Morgan fingerprint density at radius 1 is 1.41 bits per heavy atom. The second kappa shape index (κ2) is 4.16. The summed E-state index contributed by atoms with van der Waals surface area (Å²) in [6.07, 6.45) is 1.52. The number of carbonyl (C=O) groups excluding carboxylic acids is 1. The zero-order chi connectivity index (χ0) is 12.6. The summed E-state index contributed by atoms with van der Waals surface area (Å²) in [5.41, 5.74) is -0.0271. The number of Topliss-reactive ketones (excluding diaryl/α,β-unsaturated/α-hetero) is 1. The lowest BCUT2D eigenvalue weighted by Gasteiger charge is -2.18. The molecule has 0 fully saturated rings. The normalized spacial score (nSPS) is 16.4. The Hall–Kier alpha value is -1.91. The molecule has 0 saturated carbocycles. The van der Waals surface area contributed by atoms with Crippen LogP contribution in [0.2, 0.25) is 0 Å². The Balaban J connectivity index is 2.66. The first-order chi connectivity index (χ1) is 8.00. The average Bonchev–Trinajstić information content (AvgIpc) is 2.26. The monoisotopic (exact) mass is 236 g/mol. The van der Waals surface area contributed by atoms with E-state index in [1.807, 2.05) is 0 Å². The lowest BCUT2D eigenvalue weighted by Crippen LogP contribution is -2.21. The van der Waals surface area contributed by atoms with Gasteiger partial charge in [0.15, 0.2) is 5.78 Å². The highest BCUT2D eigenvalue weighted by Crippen LogP contribution is 2.27. The largest absolute Gasteiger partial charge is 0.481 e. The molecule has 0 aliphatic heterocycles. The van der Waals surface area contributed by atoms with Crippen LogP contribution in [-0.4, -0.2) is 16.9 Å². The summed E-state index contributed by atoms with van der Waals surface area (Å²) in [6.45, 7) is 1.46. The Kier molecular flexibility index (Phi) is 2.83. The van der Waals surface area contributed by atoms with E-state index < -0.39 is 17.5 Å². The number of hydrogen-bond donors (Lipinski definition) is 1. The number of carboxylic acids is 1. The highest BCUT2D eigenvalue weighted by Gasteiger charge is 2.28. The van der Waals surface area contributed by atoms with Crippen LogP contribution in [0.1, 0.15) is 47.4 Å². The number of aryl methyl sites for hydroxylation is 1. The van der Waals surface area contributed by atoms with Crippen molar-refractivity contribution < 1.29 is 19.1 Å². The van der Waals surface area contributed by atoms with Crippen molar-refractivity contribution in [1.29, 1.82) is 0 Å². The van der Waals surface area contributed by atoms with Crippen LogP contribution in [0.25, 0.3) is 0 Å². The molecule has 1 atom stereocenters. The Labute approximate surface area is 97.1 Å². The summed E-state index contributed by atoms with van der Waals surface area (Å²) in [4.78, 5) is 34.1. The number of carbonyl (C=O) groups is 2. The molecule has 1 N–H and O–H groups in total. The number of fused-ring (bicyclic) bond motifs is 1. The summed E-state index contributed by atoms with van der Waals surface area (Å²) >= 11 is 0. The Morgan fingerprint density at radius 3 is 2.76 bits per heavy atom. The first-order valence-corrected chi connectivity index (χ1v) is 5.43. The Bertz CT molecular complexity index is 540. The van der Waals surface area contributed by atoms with Crippen LogP contribution < -0.4 is 5.63 Å². The van der Waals surface area contributed by atoms with E-state index in [2.05, 4.69) is 0 Å². The van der Waals surface area contributed by atoms with Crippen LogP contribution in [0.4, 0.5) is 0 Å². The van der Waals surface area contributed by atoms with Gasteiger partial charge in [-0.1, -0.05) is 0 Å². The fourth-order valence-electron chi connectivity index (χ4n) is 2.06. The van der Waals surface area contributed by atoms with E-state index in [1.54, 1.807) is 0 Å². The van der Waals surface area contributed by atoms with Gasteiger partial charge in [0, 0.05) is 18.9 Å². The highest BCUT2D eigenvalue weighted by atomic mass is 16.4. The van der Waals surface area contributed by atoms with E-state index in [0.29, 0.717) is 30.6 Å². The van der Waals surface area contributed by atoms with Crippen LogP contribution in [0.3, 0.4) is 0 Å². The van der Waals surface area contributed by atoms with Crippen molar-refractivity contribution in [2.45, 2.75) is 32.1 Å². The molecule has 90 valence electrons. The maximum absolute atomic E-state index is 11.8. The quantitative estimate of drug-likeness (QED) is 0.837. The van der Waals surface area contributed by atoms with Gasteiger partial charge in [0.1, 0.15) is 5.76 Å². The van der Waals surface area contributed by atoms with Gasteiger partial charge < -0.3 is 9.52 Å². The van der Waals surface area contributed by atoms with Gasteiger partial charge in [-0.05, 0) is 18.9 Å². The number of carboxylic acid groups (broad SMARTS) is 1. The van der Waals surface area contributed by atoms with E-state index in [9.17, 15) is 14.4 Å². The van der Waals surface area contributed by atoms with Crippen LogP contribution in [-0.2, 0) is 11.2 Å². The van der Waals surface area contributed by atoms with Gasteiger partial charge in [-0.25, -0.2) is 4.79 Å². The van der Waals surface area contributed by atoms with Gasteiger partial charge in [0.25, 0.3) is 0 Å². The fourth-order valence-corrected chi connectivity index (χ4v) is 2.06. The summed E-state index contributed by atoms with van der Waals surface area (Å²) in [6, 6.07) is 1.11. The predicted molar refractivity (Wildman–Crippen MR) is 58.3 cm³/mol. The van der Waals surface area contributed by atoms with Gasteiger partial charge in [-0.15, -0.1) is 0 Å². The molecule has 17 heavy (non-hydrogen) atoms. The van der Waals surface area contributed by atoms with Crippen molar-refractivity contribution >= 4 is 11.8 Å². The fraction of sp³-hybridized carbons (Fsp3) is 0.417. The van der Waals surface area contributed by atoms with Crippen molar-refractivity contribution in [2.75, 3.05) is 0 Å². The van der Waals surface area contributed by atoms with E-state index in [1.165, 1.54) is 6.92 Å². The maximum atomic E-state index is 11.8. The van der Waals surface area contributed by atoms with Gasteiger partial charge in [-0.2, -0.15) is 0 Å². The van der Waals surface area contributed by atoms with E-state index in [-0.39, 0.29) is 11.3 Å². The molecule has 5 heteroatoms. The molecule has 0 spiro atoms. The molecule has 0 saturated heterocycles. The van der Waals surface area contributed by atoms with Gasteiger partial charge >= 0.3 is 11.6 Å². The molecule has 2 rings (SSSR count). The molecule has 1 aromatic heterocycles. The average molecular weight is 236 g/mol. The van der Waals surface area contributed by atoms with Gasteiger partial charge in [-0.3, -0.25) is 9.59 Å². The highest BCUT2D eigenvalue weighted by molar-refractivity contribution is 6.00. The molecule has 5 nitrogen and oxygen atoms in total. The molecule has 1 aromatic rings. The molecular weight excluding hydrogens is 224 g/mol. The minimum atomic E-state index is -1.06. The van der Waals surface area contributed by atoms with Gasteiger partial charge in [0.2, 0.25) is 0 Å². The standard InChI is InChI=1S/C12H12O5/c1-6(12(15)16)7-5-10(14)17-9-4-2-3-8(13)11(7)9/h5-6H,2-4H2,1H3,(H,15,16). The molecule has 0 amide bonds. The summed E-state index contributed by atoms with van der Waals surface area (Å²) in [7, 11) is 0. The third-order valence-electron chi connectivity index (χ3n) is 2.99. The number of hydrogen-bond acceptors (Lipinski definition) is 4. The number of rotatable bonds is 2. The molecular formula is C12H12O5. The molecule has 1 aliphatic rings. The second-order valence-corrected chi connectivity index (χ2v) is 4.16. The zero-order valence-electron chi connectivity index (χ0n) is 9.36. The minimum absolute atomic E-state index is 0.141.